The van der Waals surface area contributed by atoms with E-state index in [4.69, 9.17) is 0 Å². The van der Waals surface area contributed by atoms with E-state index in [0.29, 0.717) is 11.1 Å². The molecule has 0 aliphatic rings. The van der Waals surface area contributed by atoms with Gasteiger partial charge in [-0.25, -0.2) is 4.39 Å². The summed E-state index contributed by atoms with van der Waals surface area (Å²) in [5.74, 6) is -0.295. The van der Waals surface area contributed by atoms with E-state index in [1.165, 1.54) is 6.07 Å². The fourth-order valence-electron chi connectivity index (χ4n) is 1.68. The van der Waals surface area contributed by atoms with Crippen LogP contribution in [0, 0.1) is 16.3 Å². The summed E-state index contributed by atoms with van der Waals surface area (Å²) < 4.78 is 15.4. The summed E-state index contributed by atoms with van der Waals surface area (Å²) in [6.07, 6.45) is -0.815. The van der Waals surface area contributed by atoms with E-state index >= 15 is 0 Å². The summed E-state index contributed by atoms with van der Waals surface area (Å²) in [7, 11) is 0. The first-order valence-electron chi connectivity index (χ1n) is 5.38. The summed E-state index contributed by atoms with van der Waals surface area (Å²) in [6, 6.07) is 10.5. The highest BCUT2D eigenvalue weighted by Crippen LogP contribution is 2.29. The lowest BCUT2D eigenvalue weighted by Crippen LogP contribution is -2.03. The van der Waals surface area contributed by atoms with Gasteiger partial charge < -0.3 is 5.11 Å². The number of hydrogen-bond acceptors (Lipinski definition) is 1. The second-order valence-corrected chi connectivity index (χ2v) is 6.15. The van der Waals surface area contributed by atoms with Gasteiger partial charge in [0.2, 0.25) is 0 Å². The molecule has 0 aromatic heterocycles. The Kier molecular flexibility index (Phi) is 4.40. The molecule has 18 heavy (non-hydrogen) atoms. The van der Waals surface area contributed by atoms with E-state index in [1.54, 1.807) is 19.1 Å². The van der Waals surface area contributed by atoms with Crippen LogP contribution in [0.15, 0.2) is 40.9 Å². The van der Waals surface area contributed by atoms with Crippen LogP contribution in [0.5, 0.6) is 0 Å². The van der Waals surface area contributed by atoms with Gasteiger partial charge in [0.1, 0.15) is 11.9 Å². The van der Waals surface area contributed by atoms with Crippen LogP contribution in [0.4, 0.5) is 4.39 Å². The molecular weight excluding hydrogens is 410 g/mol. The van der Waals surface area contributed by atoms with E-state index in [9.17, 15) is 9.50 Å². The summed E-state index contributed by atoms with van der Waals surface area (Å²) in [6.45, 7) is 1.70. The van der Waals surface area contributed by atoms with Crippen LogP contribution in [0.3, 0.4) is 0 Å². The van der Waals surface area contributed by atoms with Crippen LogP contribution in [-0.2, 0) is 0 Å². The van der Waals surface area contributed by atoms with Gasteiger partial charge in [-0.05, 0) is 70.5 Å². The van der Waals surface area contributed by atoms with Gasteiger partial charge in [0.15, 0.2) is 0 Å². The van der Waals surface area contributed by atoms with Crippen LogP contribution in [0.1, 0.15) is 22.8 Å². The minimum Gasteiger partial charge on any atom is -0.384 e. The van der Waals surface area contributed by atoms with Crippen molar-refractivity contribution in [1.29, 1.82) is 0 Å². The summed E-state index contributed by atoms with van der Waals surface area (Å²) in [5.41, 5.74) is 1.91. The number of aliphatic hydroxyl groups excluding tert-OH is 1. The molecule has 2 aromatic rings. The van der Waals surface area contributed by atoms with Crippen molar-refractivity contribution < 1.29 is 9.50 Å². The second-order valence-electron chi connectivity index (χ2n) is 4.08. The quantitative estimate of drug-likeness (QED) is 0.705. The van der Waals surface area contributed by atoms with Gasteiger partial charge >= 0.3 is 0 Å². The summed E-state index contributed by atoms with van der Waals surface area (Å²) in [4.78, 5) is 0. The number of aryl methyl sites for hydroxylation is 1. The Morgan fingerprint density at radius 2 is 1.94 bits per heavy atom. The van der Waals surface area contributed by atoms with Gasteiger partial charge in [0.05, 0.1) is 0 Å². The zero-order valence-electron chi connectivity index (χ0n) is 9.62. The molecule has 2 aromatic carbocycles. The van der Waals surface area contributed by atoms with E-state index in [-0.39, 0.29) is 5.82 Å². The smallest absolute Gasteiger partial charge is 0.126 e. The molecule has 2 rings (SSSR count). The fraction of sp³-hybridized carbons (Fsp3) is 0.143. The van der Waals surface area contributed by atoms with E-state index < -0.39 is 6.10 Å². The maximum atomic E-state index is 13.5. The van der Waals surface area contributed by atoms with E-state index in [1.807, 2.05) is 18.2 Å². The number of halogens is 3. The Hall–Kier alpha value is -0.460. The van der Waals surface area contributed by atoms with Gasteiger partial charge in [-0.15, -0.1) is 0 Å². The lowest BCUT2D eigenvalue weighted by molar-refractivity contribution is 0.219. The molecule has 0 saturated heterocycles. The highest BCUT2D eigenvalue weighted by Gasteiger charge is 2.15. The molecule has 0 aliphatic carbocycles. The molecule has 4 heteroatoms. The van der Waals surface area contributed by atoms with Crippen LogP contribution < -0.4 is 0 Å². The van der Waals surface area contributed by atoms with Crippen LogP contribution >= 0.6 is 38.5 Å². The molecule has 1 nitrogen and oxygen atoms in total. The van der Waals surface area contributed by atoms with Crippen molar-refractivity contribution in [2.24, 2.45) is 0 Å². The minimum absolute atomic E-state index is 0.295. The van der Waals surface area contributed by atoms with E-state index in [0.717, 1.165) is 13.6 Å². The Bertz CT molecular complexity index is 586. The van der Waals surface area contributed by atoms with E-state index in [2.05, 4.69) is 38.5 Å². The zero-order chi connectivity index (χ0) is 13.3. The normalized spacial score (nSPS) is 12.5. The Balaban J connectivity index is 2.44. The average molecular weight is 421 g/mol. The highest BCUT2D eigenvalue weighted by atomic mass is 127. The average Bonchev–Trinajstić information content (AvgIpc) is 2.35. The first-order chi connectivity index (χ1) is 8.49. The zero-order valence-corrected chi connectivity index (χ0v) is 13.4. The van der Waals surface area contributed by atoms with Crippen molar-refractivity contribution in [1.82, 2.24) is 0 Å². The molecule has 0 spiro atoms. The molecule has 0 radical (unpaired) electrons. The number of hydrogen-bond donors (Lipinski definition) is 1. The molecule has 1 atom stereocenters. The molecule has 0 amide bonds. The van der Waals surface area contributed by atoms with Crippen molar-refractivity contribution >= 4 is 38.5 Å². The third-order valence-electron chi connectivity index (χ3n) is 2.76. The molecule has 1 N–H and O–H groups in total. The van der Waals surface area contributed by atoms with Gasteiger partial charge in [-0.3, -0.25) is 0 Å². The van der Waals surface area contributed by atoms with Crippen molar-refractivity contribution in [3.63, 3.8) is 0 Å². The number of aliphatic hydroxyl groups is 1. The monoisotopic (exact) mass is 420 g/mol. The molecule has 0 heterocycles. The topological polar surface area (TPSA) is 20.2 Å². The van der Waals surface area contributed by atoms with Gasteiger partial charge in [-0.2, -0.15) is 0 Å². The van der Waals surface area contributed by atoms with Gasteiger partial charge in [0, 0.05) is 8.04 Å². The maximum Gasteiger partial charge on any atom is 0.126 e. The minimum atomic E-state index is -0.815. The molecule has 0 fully saturated rings. The standard InChI is InChI=1S/C14H11BrFIO/c1-8-2-3-9(6-12(8)16)14(18)11-7-10(15)4-5-13(11)17/h2-7,14,18H,1H3. The lowest BCUT2D eigenvalue weighted by Gasteiger charge is -2.14. The lowest BCUT2D eigenvalue weighted by atomic mass is 10.0. The Morgan fingerprint density at radius 3 is 2.61 bits per heavy atom. The Morgan fingerprint density at radius 1 is 1.22 bits per heavy atom. The maximum absolute atomic E-state index is 13.5. The van der Waals surface area contributed by atoms with Crippen molar-refractivity contribution in [3.05, 3.63) is 66.9 Å². The molecule has 94 valence electrons. The molecule has 0 saturated carbocycles. The first kappa shape index (κ1) is 14.0. The SMILES string of the molecule is Cc1ccc(C(O)c2cc(Br)ccc2I)cc1F. The van der Waals surface area contributed by atoms with Crippen molar-refractivity contribution in [2.45, 2.75) is 13.0 Å². The second kappa shape index (κ2) is 5.67. The van der Waals surface area contributed by atoms with Gasteiger partial charge in [0.25, 0.3) is 0 Å². The number of rotatable bonds is 2. The highest BCUT2D eigenvalue weighted by molar-refractivity contribution is 14.1. The third kappa shape index (κ3) is 2.92. The van der Waals surface area contributed by atoms with Crippen molar-refractivity contribution in [2.75, 3.05) is 0 Å². The van der Waals surface area contributed by atoms with Crippen LogP contribution in [-0.4, -0.2) is 5.11 Å². The molecule has 1 unspecified atom stereocenters. The first-order valence-corrected chi connectivity index (χ1v) is 7.25. The fourth-order valence-corrected chi connectivity index (χ4v) is 2.69. The van der Waals surface area contributed by atoms with Gasteiger partial charge in [-0.1, -0.05) is 28.1 Å². The molecule has 0 bridgehead atoms. The van der Waals surface area contributed by atoms with Crippen LogP contribution in [0.2, 0.25) is 0 Å². The summed E-state index contributed by atoms with van der Waals surface area (Å²) >= 11 is 5.53. The molecule has 0 aliphatic heterocycles. The summed E-state index contributed by atoms with van der Waals surface area (Å²) in [5, 5.41) is 10.3. The largest absolute Gasteiger partial charge is 0.384 e. The predicted octanol–water partition coefficient (Wildman–Crippen LogP) is 4.58. The Labute approximate surface area is 127 Å². The van der Waals surface area contributed by atoms with Crippen molar-refractivity contribution in [3.8, 4) is 0 Å². The van der Waals surface area contributed by atoms with Crippen LogP contribution in [0.25, 0.3) is 0 Å². The predicted molar refractivity (Wildman–Crippen MR) is 82.1 cm³/mol. The molecular formula is C14H11BrFIO. The number of benzene rings is 2. The third-order valence-corrected chi connectivity index (χ3v) is 4.24.